The summed E-state index contributed by atoms with van der Waals surface area (Å²) in [4.78, 5) is 4.10. The van der Waals surface area contributed by atoms with Gasteiger partial charge in [-0.25, -0.2) is 0 Å². The van der Waals surface area contributed by atoms with Crippen LogP contribution in [-0.4, -0.2) is 18.2 Å². The minimum Gasteiger partial charge on any atom is -0.343 e. The second kappa shape index (κ2) is 4.07. The number of ether oxygens (including phenoxy) is 2. The molecule has 0 bridgehead atoms. The molecule has 2 rings (SSSR count). The molecule has 0 unspecified atom stereocenters. The van der Waals surface area contributed by atoms with Gasteiger partial charge < -0.3 is 9.47 Å². The lowest BCUT2D eigenvalue weighted by Gasteiger charge is -2.26. The Balaban J connectivity index is 2.27. The van der Waals surface area contributed by atoms with E-state index in [-0.39, 0.29) is 0 Å². The highest BCUT2D eigenvalue weighted by atomic mass is 16.7. The number of rotatable bonds is 3. The molecule has 0 aromatic carbocycles. The van der Waals surface area contributed by atoms with E-state index < -0.39 is 5.79 Å². The van der Waals surface area contributed by atoms with Gasteiger partial charge >= 0.3 is 0 Å². The zero-order valence-electron chi connectivity index (χ0n) is 8.40. The summed E-state index contributed by atoms with van der Waals surface area (Å²) >= 11 is 0. The smallest absolute Gasteiger partial charge is 0.196 e. The van der Waals surface area contributed by atoms with E-state index in [1.165, 1.54) is 0 Å². The highest BCUT2D eigenvalue weighted by Crippen LogP contribution is 2.35. The van der Waals surface area contributed by atoms with Crippen molar-refractivity contribution in [1.82, 2.24) is 4.98 Å². The molecule has 1 aliphatic rings. The number of hydrogen-bond donors (Lipinski definition) is 0. The SMILES string of the molecule is CCCC1(c2cccnc2)OCCO1. The van der Waals surface area contributed by atoms with E-state index in [1.54, 1.807) is 6.20 Å². The van der Waals surface area contributed by atoms with E-state index in [0.29, 0.717) is 13.2 Å². The summed E-state index contributed by atoms with van der Waals surface area (Å²) in [6, 6.07) is 3.92. The van der Waals surface area contributed by atoms with Crippen LogP contribution in [0.5, 0.6) is 0 Å². The molecule has 0 spiro atoms. The van der Waals surface area contributed by atoms with Gasteiger partial charge in [-0.1, -0.05) is 19.4 Å². The fourth-order valence-corrected chi connectivity index (χ4v) is 1.83. The third kappa shape index (κ3) is 1.65. The van der Waals surface area contributed by atoms with Gasteiger partial charge in [0.15, 0.2) is 5.79 Å². The first-order valence-corrected chi connectivity index (χ1v) is 5.06. The molecule has 1 aromatic heterocycles. The molecule has 3 nitrogen and oxygen atoms in total. The molecular weight excluding hydrogens is 178 g/mol. The molecule has 0 saturated carbocycles. The van der Waals surface area contributed by atoms with Gasteiger partial charge in [-0.3, -0.25) is 4.98 Å². The van der Waals surface area contributed by atoms with Crippen molar-refractivity contribution in [3.05, 3.63) is 30.1 Å². The molecule has 1 fully saturated rings. The normalized spacial score (nSPS) is 19.8. The van der Waals surface area contributed by atoms with E-state index >= 15 is 0 Å². The summed E-state index contributed by atoms with van der Waals surface area (Å²) in [5.74, 6) is -0.525. The third-order valence-electron chi connectivity index (χ3n) is 2.43. The molecule has 0 radical (unpaired) electrons. The lowest BCUT2D eigenvalue weighted by atomic mass is 10.0. The summed E-state index contributed by atoms with van der Waals surface area (Å²) in [5.41, 5.74) is 1.03. The van der Waals surface area contributed by atoms with Crippen molar-refractivity contribution in [1.29, 1.82) is 0 Å². The van der Waals surface area contributed by atoms with Crippen LogP contribution in [-0.2, 0) is 15.3 Å². The van der Waals surface area contributed by atoms with E-state index in [2.05, 4.69) is 11.9 Å². The number of nitrogens with zero attached hydrogens (tertiary/aromatic N) is 1. The van der Waals surface area contributed by atoms with Gasteiger partial charge in [-0.05, 0) is 6.07 Å². The summed E-state index contributed by atoms with van der Waals surface area (Å²) in [6.07, 6.45) is 5.51. The van der Waals surface area contributed by atoms with Crippen molar-refractivity contribution in [3.63, 3.8) is 0 Å². The summed E-state index contributed by atoms with van der Waals surface area (Å²) in [5, 5.41) is 0. The first-order chi connectivity index (χ1) is 6.87. The Morgan fingerprint density at radius 2 is 2.21 bits per heavy atom. The highest BCUT2D eigenvalue weighted by molar-refractivity contribution is 5.16. The Labute approximate surface area is 84.1 Å². The highest BCUT2D eigenvalue weighted by Gasteiger charge is 2.37. The Kier molecular flexibility index (Phi) is 2.79. The summed E-state index contributed by atoms with van der Waals surface area (Å²) < 4.78 is 11.4. The van der Waals surface area contributed by atoms with Crippen molar-refractivity contribution in [2.75, 3.05) is 13.2 Å². The molecule has 0 aliphatic carbocycles. The van der Waals surface area contributed by atoms with Crippen LogP contribution in [0.3, 0.4) is 0 Å². The quantitative estimate of drug-likeness (QED) is 0.736. The largest absolute Gasteiger partial charge is 0.343 e. The molecule has 0 atom stereocenters. The Morgan fingerprint density at radius 1 is 1.43 bits per heavy atom. The van der Waals surface area contributed by atoms with Crippen LogP contribution in [0.2, 0.25) is 0 Å². The lowest BCUT2D eigenvalue weighted by Crippen LogP contribution is -2.26. The zero-order chi connectivity index (χ0) is 9.86. The van der Waals surface area contributed by atoms with E-state index in [4.69, 9.17) is 9.47 Å². The molecule has 1 saturated heterocycles. The standard InChI is InChI=1S/C11H15NO2/c1-2-5-11(13-7-8-14-11)10-4-3-6-12-9-10/h3-4,6,9H,2,5,7-8H2,1H3. The first kappa shape index (κ1) is 9.62. The molecule has 1 aliphatic heterocycles. The average molecular weight is 193 g/mol. The van der Waals surface area contributed by atoms with Crippen LogP contribution >= 0.6 is 0 Å². The van der Waals surface area contributed by atoms with Crippen molar-refractivity contribution in [3.8, 4) is 0 Å². The minimum absolute atomic E-state index is 0.525. The fraction of sp³-hybridized carbons (Fsp3) is 0.545. The van der Waals surface area contributed by atoms with E-state index in [9.17, 15) is 0 Å². The maximum absolute atomic E-state index is 5.70. The molecular formula is C11H15NO2. The molecule has 3 heteroatoms. The summed E-state index contributed by atoms with van der Waals surface area (Å²) in [6.45, 7) is 3.48. The van der Waals surface area contributed by atoms with Crippen LogP contribution in [0.15, 0.2) is 24.5 Å². The molecule has 14 heavy (non-hydrogen) atoms. The van der Waals surface area contributed by atoms with Gasteiger partial charge in [0.05, 0.1) is 13.2 Å². The molecule has 2 heterocycles. The van der Waals surface area contributed by atoms with Crippen molar-refractivity contribution in [2.24, 2.45) is 0 Å². The maximum Gasteiger partial charge on any atom is 0.196 e. The lowest BCUT2D eigenvalue weighted by molar-refractivity contribution is -0.171. The number of hydrogen-bond acceptors (Lipinski definition) is 3. The molecule has 0 amide bonds. The maximum atomic E-state index is 5.70. The molecule has 0 N–H and O–H groups in total. The van der Waals surface area contributed by atoms with E-state index in [1.807, 2.05) is 18.3 Å². The topological polar surface area (TPSA) is 31.4 Å². The van der Waals surface area contributed by atoms with Crippen molar-refractivity contribution >= 4 is 0 Å². The Hall–Kier alpha value is -0.930. The predicted molar refractivity (Wildman–Crippen MR) is 52.7 cm³/mol. The molecule has 1 aromatic rings. The van der Waals surface area contributed by atoms with Gasteiger partial charge in [0.2, 0.25) is 0 Å². The van der Waals surface area contributed by atoms with Gasteiger partial charge in [0.1, 0.15) is 0 Å². The van der Waals surface area contributed by atoms with Crippen LogP contribution in [0.1, 0.15) is 25.3 Å². The van der Waals surface area contributed by atoms with Crippen LogP contribution in [0.4, 0.5) is 0 Å². The minimum atomic E-state index is -0.525. The second-order valence-electron chi connectivity index (χ2n) is 3.44. The van der Waals surface area contributed by atoms with Crippen LogP contribution < -0.4 is 0 Å². The van der Waals surface area contributed by atoms with Gasteiger partial charge in [-0.2, -0.15) is 0 Å². The van der Waals surface area contributed by atoms with Crippen LogP contribution in [0, 0.1) is 0 Å². The monoisotopic (exact) mass is 193 g/mol. The zero-order valence-corrected chi connectivity index (χ0v) is 8.40. The van der Waals surface area contributed by atoms with Crippen molar-refractivity contribution in [2.45, 2.75) is 25.6 Å². The van der Waals surface area contributed by atoms with Crippen LogP contribution in [0.25, 0.3) is 0 Å². The predicted octanol–water partition coefficient (Wildman–Crippen LogP) is 2.08. The van der Waals surface area contributed by atoms with Gasteiger partial charge in [0, 0.05) is 24.4 Å². The number of aromatic nitrogens is 1. The number of pyridine rings is 1. The van der Waals surface area contributed by atoms with Gasteiger partial charge in [0.25, 0.3) is 0 Å². The third-order valence-corrected chi connectivity index (χ3v) is 2.43. The van der Waals surface area contributed by atoms with Crippen molar-refractivity contribution < 1.29 is 9.47 Å². The Morgan fingerprint density at radius 3 is 2.79 bits per heavy atom. The first-order valence-electron chi connectivity index (χ1n) is 5.06. The summed E-state index contributed by atoms with van der Waals surface area (Å²) in [7, 11) is 0. The fourth-order valence-electron chi connectivity index (χ4n) is 1.83. The van der Waals surface area contributed by atoms with E-state index in [0.717, 1.165) is 18.4 Å². The molecule has 76 valence electrons. The Bertz CT molecular complexity index is 281. The average Bonchev–Trinajstić information content (AvgIpc) is 2.70. The van der Waals surface area contributed by atoms with Gasteiger partial charge in [-0.15, -0.1) is 0 Å². The second-order valence-corrected chi connectivity index (χ2v) is 3.44.